The molecule has 1 heterocycles. The third-order valence-corrected chi connectivity index (χ3v) is 4.40. The van der Waals surface area contributed by atoms with Gasteiger partial charge >= 0.3 is 5.97 Å². The first kappa shape index (κ1) is 14.3. The van der Waals surface area contributed by atoms with E-state index in [2.05, 4.69) is 13.0 Å². The predicted octanol–water partition coefficient (Wildman–Crippen LogP) is 3.85. The smallest absolute Gasteiger partial charge is 0.348 e. The highest BCUT2D eigenvalue weighted by molar-refractivity contribution is 7.14. The molecular weight excluding hydrogens is 270 g/mol. The number of rotatable bonds is 4. The first-order chi connectivity index (χ1) is 9.65. The molecule has 0 saturated carbocycles. The molecule has 2 rings (SSSR count). The fourth-order valence-corrected chi connectivity index (χ4v) is 2.95. The second kappa shape index (κ2) is 6.36. The summed E-state index contributed by atoms with van der Waals surface area (Å²) in [5, 5.41) is 8.98. The van der Waals surface area contributed by atoms with Crippen LogP contribution >= 0.6 is 11.3 Å². The van der Waals surface area contributed by atoms with Crippen molar-refractivity contribution in [2.24, 2.45) is 0 Å². The number of esters is 1. The third-order valence-electron chi connectivity index (χ3n) is 3.04. The van der Waals surface area contributed by atoms with E-state index in [0.717, 1.165) is 17.5 Å². The lowest BCUT2D eigenvalue weighted by atomic mass is 10.1. The van der Waals surface area contributed by atoms with Crippen LogP contribution in [0.15, 0.2) is 30.3 Å². The monoisotopic (exact) mass is 285 g/mol. The topological polar surface area (TPSA) is 50.1 Å². The summed E-state index contributed by atoms with van der Waals surface area (Å²) in [7, 11) is 0. The molecule has 0 amide bonds. The maximum Gasteiger partial charge on any atom is 0.348 e. The fraction of sp³-hybridized carbons (Fsp3) is 0.250. The molecule has 0 aliphatic carbocycles. The number of carbonyl (C=O) groups is 1. The van der Waals surface area contributed by atoms with Crippen molar-refractivity contribution in [3.05, 3.63) is 56.8 Å². The van der Waals surface area contributed by atoms with Gasteiger partial charge in [0, 0.05) is 10.4 Å². The van der Waals surface area contributed by atoms with Gasteiger partial charge in [0.25, 0.3) is 0 Å². The highest BCUT2D eigenvalue weighted by atomic mass is 32.1. The Bertz CT molecular complexity index is 667. The van der Waals surface area contributed by atoms with Crippen molar-refractivity contribution >= 4 is 17.3 Å². The molecule has 0 aliphatic heterocycles. The molecule has 0 saturated heterocycles. The zero-order valence-corrected chi connectivity index (χ0v) is 12.3. The highest BCUT2D eigenvalue weighted by Gasteiger charge is 2.13. The molecule has 1 aromatic heterocycles. The van der Waals surface area contributed by atoms with E-state index < -0.39 is 0 Å². The van der Waals surface area contributed by atoms with Crippen LogP contribution in [0.5, 0.6) is 0 Å². The van der Waals surface area contributed by atoms with Gasteiger partial charge in [-0.25, -0.2) is 4.79 Å². The van der Waals surface area contributed by atoms with Crippen LogP contribution < -0.4 is 0 Å². The SMILES string of the molecule is CCc1sc(C(=O)OCc2ccccc2C#N)cc1C. The van der Waals surface area contributed by atoms with Crippen LogP contribution in [0.1, 0.15) is 38.2 Å². The van der Waals surface area contributed by atoms with E-state index in [1.807, 2.05) is 19.1 Å². The molecule has 0 radical (unpaired) electrons. The summed E-state index contributed by atoms with van der Waals surface area (Å²) >= 11 is 1.47. The molecule has 20 heavy (non-hydrogen) atoms. The van der Waals surface area contributed by atoms with Gasteiger partial charge in [0.1, 0.15) is 11.5 Å². The van der Waals surface area contributed by atoms with Gasteiger partial charge in [-0.2, -0.15) is 5.26 Å². The van der Waals surface area contributed by atoms with Gasteiger partial charge in [0.15, 0.2) is 0 Å². The number of thiophene rings is 1. The lowest BCUT2D eigenvalue weighted by molar-refractivity contribution is 0.0478. The van der Waals surface area contributed by atoms with E-state index in [4.69, 9.17) is 10.00 Å². The van der Waals surface area contributed by atoms with E-state index in [0.29, 0.717) is 10.4 Å². The molecule has 4 heteroatoms. The van der Waals surface area contributed by atoms with Gasteiger partial charge in [0.05, 0.1) is 11.6 Å². The number of nitrogens with zero attached hydrogens (tertiary/aromatic N) is 1. The highest BCUT2D eigenvalue weighted by Crippen LogP contribution is 2.23. The van der Waals surface area contributed by atoms with Crippen molar-refractivity contribution in [1.29, 1.82) is 5.26 Å². The van der Waals surface area contributed by atoms with Crippen molar-refractivity contribution in [2.75, 3.05) is 0 Å². The minimum atomic E-state index is -0.328. The molecule has 0 N–H and O–H groups in total. The Hall–Kier alpha value is -2.12. The average molecular weight is 285 g/mol. The van der Waals surface area contributed by atoms with Crippen LogP contribution in [-0.4, -0.2) is 5.97 Å². The molecule has 3 nitrogen and oxygen atoms in total. The van der Waals surface area contributed by atoms with Crippen molar-refractivity contribution in [1.82, 2.24) is 0 Å². The molecule has 0 aliphatic rings. The van der Waals surface area contributed by atoms with Crippen LogP contribution in [0, 0.1) is 18.3 Å². The standard InChI is InChI=1S/C16H15NO2S/c1-3-14-11(2)8-15(20-14)16(18)19-10-13-7-5-4-6-12(13)9-17/h4-8H,3,10H2,1-2H3. The number of hydrogen-bond donors (Lipinski definition) is 0. The van der Waals surface area contributed by atoms with Gasteiger partial charge in [-0.3, -0.25) is 0 Å². The van der Waals surface area contributed by atoms with Crippen LogP contribution in [0.4, 0.5) is 0 Å². The van der Waals surface area contributed by atoms with Gasteiger partial charge in [-0.15, -0.1) is 11.3 Å². The van der Waals surface area contributed by atoms with E-state index in [1.54, 1.807) is 18.2 Å². The van der Waals surface area contributed by atoms with E-state index >= 15 is 0 Å². The summed E-state index contributed by atoms with van der Waals surface area (Å²) in [6, 6.07) is 11.1. The molecule has 0 spiro atoms. The zero-order valence-electron chi connectivity index (χ0n) is 11.5. The number of carbonyl (C=O) groups excluding carboxylic acids is 1. The van der Waals surface area contributed by atoms with Crippen LogP contribution in [-0.2, 0) is 17.8 Å². The summed E-state index contributed by atoms with van der Waals surface area (Å²) in [5.74, 6) is -0.328. The number of hydrogen-bond acceptors (Lipinski definition) is 4. The maximum atomic E-state index is 12.0. The quantitative estimate of drug-likeness (QED) is 0.802. The third kappa shape index (κ3) is 3.06. The van der Waals surface area contributed by atoms with Crippen LogP contribution in [0.2, 0.25) is 0 Å². The molecular formula is C16H15NO2S. The summed E-state index contributed by atoms with van der Waals surface area (Å²) in [6.07, 6.45) is 0.918. The number of ether oxygens (including phenoxy) is 1. The second-order valence-corrected chi connectivity index (χ2v) is 5.55. The van der Waals surface area contributed by atoms with E-state index in [-0.39, 0.29) is 12.6 Å². The van der Waals surface area contributed by atoms with Crippen molar-refractivity contribution in [3.8, 4) is 6.07 Å². The number of benzene rings is 1. The Morgan fingerprint density at radius 1 is 1.40 bits per heavy atom. The van der Waals surface area contributed by atoms with Gasteiger partial charge in [0.2, 0.25) is 0 Å². The Morgan fingerprint density at radius 3 is 2.80 bits per heavy atom. The molecule has 1 aromatic carbocycles. The second-order valence-electron chi connectivity index (χ2n) is 4.42. The van der Waals surface area contributed by atoms with Crippen molar-refractivity contribution in [3.63, 3.8) is 0 Å². The van der Waals surface area contributed by atoms with Crippen LogP contribution in [0.25, 0.3) is 0 Å². The van der Waals surface area contributed by atoms with Gasteiger partial charge in [-0.1, -0.05) is 25.1 Å². The Morgan fingerprint density at radius 2 is 2.15 bits per heavy atom. The lowest BCUT2D eigenvalue weighted by Gasteiger charge is -2.04. The largest absolute Gasteiger partial charge is 0.457 e. The Labute approximate surface area is 122 Å². The first-order valence-corrected chi connectivity index (χ1v) is 7.21. The zero-order chi connectivity index (χ0) is 14.5. The molecule has 0 atom stereocenters. The summed E-state index contributed by atoms with van der Waals surface area (Å²) in [5.41, 5.74) is 2.39. The first-order valence-electron chi connectivity index (χ1n) is 6.40. The molecule has 0 fully saturated rings. The number of aryl methyl sites for hydroxylation is 2. The van der Waals surface area contributed by atoms with Gasteiger partial charge < -0.3 is 4.74 Å². The minimum Gasteiger partial charge on any atom is -0.457 e. The fourth-order valence-electron chi connectivity index (χ4n) is 1.94. The predicted molar refractivity (Wildman–Crippen MR) is 78.7 cm³/mol. The minimum absolute atomic E-state index is 0.126. The Balaban J connectivity index is 2.07. The van der Waals surface area contributed by atoms with E-state index in [9.17, 15) is 4.79 Å². The van der Waals surface area contributed by atoms with Crippen molar-refractivity contribution in [2.45, 2.75) is 26.9 Å². The van der Waals surface area contributed by atoms with E-state index in [1.165, 1.54) is 16.2 Å². The normalized spacial score (nSPS) is 10.1. The molecule has 2 aromatic rings. The lowest BCUT2D eigenvalue weighted by Crippen LogP contribution is -2.04. The Kier molecular flexibility index (Phi) is 4.54. The summed E-state index contributed by atoms with van der Waals surface area (Å²) in [4.78, 5) is 13.8. The summed E-state index contributed by atoms with van der Waals surface area (Å²) in [6.45, 7) is 4.19. The van der Waals surface area contributed by atoms with Crippen LogP contribution in [0.3, 0.4) is 0 Å². The summed E-state index contributed by atoms with van der Waals surface area (Å²) < 4.78 is 5.29. The average Bonchev–Trinajstić information content (AvgIpc) is 2.86. The maximum absolute atomic E-state index is 12.0. The van der Waals surface area contributed by atoms with Gasteiger partial charge in [-0.05, 0) is 31.0 Å². The number of nitriles is 1. The molecule has 0 bridgehead atoms. The molecule has 102 valence electrons. The van der Waals surface area contributed by atoms with Crippen molar-refractivity contribution < 1.29 is 9.53 Å². The molecule has 0 unspecified atom stereocenters.